The molecule has 0 atom stereocenters. The summed E-state index contributed by atoms with van der Waals surface area (Å²) in [5.74, 6) is 0.768. The Morgan fingerprint density at radius 3 is 1.83 bits per heavy atom. The van der Waals surface area contributed by atoms with Crippen molar-refractivity contribution in [2.75, 3.05) is 5.73 Å². The first-order valence-corrected chi connectivity index (χ1v) is 9.90. The molecule has 5 N–H and O–H groups in total. The fourth-order valence-electron chi connectivity index (χ4n) is 2.56. The molecule has 0 amide bonds. The Hall–Kier alpha value is -4.80. The van der Waals surface area contributed by atoms with E-state index in [4.69, 9.17) is 20.4 Å². The van der Waals surface area contributed by atoms with E-state index >= 15 is 0 Å². The van der Waals surface area contributed by atoms with Crippen LogP contribution in [0.2, 0.25) is 0 Å². The summed E-state index contributed by atoms with van der Waals surface area (Å²) < 4.78 is 41.1. The van der Waals surface area contributed by atoms with Crippen molar-refractivity contribution in [1.29, 1.82) is 0 Å². The molecule has 0 bridgehead atoms. The fraction of sp³-hybridized carbons (Fsp3) is 0.0417. The number of aromatic nitrogens is 3. The molecule has 0 aliphatic heterocycles. The third-order valence-electron chi connectivity index (χ3n) is 4.29. The van der Waals surface area contributed by atoms with E-state index in [-0.39, 0.29) is 23.1 Å². The van der Waals surface area contributed by atoms with Gasteiger partial charge in [0.15, 0.2) is 22.8 Å². The quantitative estimate of drug-likeness (QED) is 0.249. The number of phenolic OH excluding ortho intramolecular Hbond substituents is 2. The van der Waals surface area contributed by atoms with E-state index < -0.39 is 11.7 Å². The highest BCUT2D eigenvalue weighted by molar-refractivity contribution is 5.72. The maximum Gasteiger partial charge on any atom is 0.416 e. The first kappa shape index (κ1) is 24.8. The molecule has 0 saturated carbocycles. The number of benzene rings is 2. The smallest absolute Gasteiger partial charge is 0.416 e. The maximum atomic E-state index is 11.8. The number of hydrogen-bond acceptors (Lipinski definition) is 8. The molecule has 5 rings (SSSR count). The molecular weight excluding hydrogens is 465 g/mol. The van der Waals surface area contributed by atoms with Crippen molar-refractivity contribution in [2.24, 2.45) is 0 Å². The monoisotopic (exact) mass is 484 g/mol. The summed E-state index contributed by atoms with van der Waals surface area (Å²) in [7, 11) is 0. The molecule has 180 valence electrons. The lowest BCUT2D eigenvalue weighted by atomic mass is 10.2. The van der Waals surface area contributed by atoms with Gasteiger partial charge in [0.2, 0.25) is 5.89 Å². The van der Waals surface area contributed by atoms with Crippen molar-refractivity contribution in [1.82, 2.24) is 15.0 Å². The number of phenols is 2. The molecule has 0 spiro atoms. The summed E-state index contributed by atoms with van der Waals surface area (Å²) in [5, 5.41) is 26.6. The standard InChI is InChI=1S/C12H8N2O2.C7H5F3O.C5H6N2O/c15-9-5-3-8(4-6-9)12-14-11-10(16-12)2-1-7-13-11;8-7(9,10)5-1-3-6(11)4-2-5;6-5-4(8)2-1-3-7-5/h1-7,15H;1-4,11H;1-3,8H,(H2,6,7). The lowest BCUT2D eigenvalue weighted by Crippen LogP contribution is -2.03. The number of oxazole rings is 1. The predicted octanol–water partition coefficient (Wildman–Crippen LogP) is 5.38. The van der Waals surface area contributed by atoms with Crippen molar-refractivity contribution in [3.8, 4) is 28.7 Å². The summed E-state index contributed by atoms with van der Waals surface area (Å²) in [6.07, 6.45) is -1.13. The highest BCUT2D eigenvalue weighted by atomic mass is 19.4. The minimum absolute atomic E-state index is 0.0347. The van der Waals surface area contributed by atoms with Gasteiger partial charge < -0.3 is 25.5 Å². The zero-order valence-electron chi connectivity index (χ0n) is 17.9. The summed E-state index contributed by atoms with van der Waals surface area (Å²) in [4.78, 5) is 12.0. The summed E-state index contributed by atoms with van der Waals surface area (Å²) >= 11 is 0. The first-order valence-electron chi connectivity index (χ1n) is 9.90. The van der Waals surface area contributed by atoms with Crippen LogP contribution in [0, 0.1) is 0 Å². The minimum atomic E-state index is -4.33. The van der Waals surface area contributed by atoms with Crippen LogP contribution >= 0.6 is 0 Å². The van der Waals surface area contributed by atoms with Crippen LogP contribution in [-0.2, 0) is 6.18 Å². The summed E-state index contributed by atoms with van der Waals surface area (Å²) in [5.41, 5.74) is 6.47. The zero-order chi connectivity index (χ0) is 25.4. The first-order chi connectivity index (χ1) is 16.6. The van der Waals surface area contributed by atoms with Crippen molar-refractivity contribution in [3.05, 3.63) is 90.8 Å². The molecule has 8 nitrogen and oxygen atoms in total. The van der Waals surface area contributed by atoms with Gasteiger partial charge in [-0.1, -0.05) is 0 Å². The highest BCUT2D eigenvalue weighted by Crippen LogP contribution is 2.30. The van der Waals surface area contributed by atoms with Crippen LogP contribution in [0.15, 0.2) is 89.6 Å². The van der Waals surface area contributed by atoms with E-state index in [1.165, 1.54) is 12.3 Å². The van der Waals surface area contributed by atoms with E-state index in [2.05, 4.69) is 15.0 Å². The third kappa shape index (κ3) is 7.09. The number of nitrogens with two attached hydrogens (primary N) is 1. The molecular formula is C24H19F3N4O4. The van der Waals surface area contributed by atoms with E-state index in [1.54, 1.807) is 42.6 Å². The normalized spacial score (nSPS) is 10.6. The Morgan fingerprint density at radius 2 is 1.31 bits per heavy atom. The number of pyridine rings is 2. The summed E-state index contributed by atoms with van der Waals surface area (Å²) in [6.45, 7) is 0. The molecule has 11 heteroatoms. The number of hydrogen-bond donors (Lipinski definition) is 4. The van der Waals surface area contributed by atoms with Crippen molar-refractivity contribution < 1.29 is 32.9 Å². The van der Waals surface area contributed by atoms with E-state index in [9.17, 15) is 18.3 Å². The molecule has 0 aliphatic rings. The third-order valence-corrected chi connectivity index (χ3v) is 4.29. The average Bonchev–Trinajstić information content (AvgIpc) is 3.26. The lowest BCUT2D eigenvalue weighted by Gasteiger charge is -2.04. The molecule has 0 unspecified atom stereocenters. The Labute approximate surface area is 196 Å². The molecule has 35 heavy (non-hydrogen) atoms. The highest BCUT2D eigenvalue weighted by Gasteiger charge is 2.29. The van der Waals surface area contributed by atoms with Gasteiger partial charge in [0.05, 0.1) is 5.56 Å². The van der Waals surface area contributed by atoms with Crippen LogP contribution in [0.25, 0.3) is 22.7 Å². The van der Waals surface area contributed by atoms with Crippen LogP contribution in [0.4, 0.5) is 19.0 Å². The molecule has 3 heterocycles. The van der Waals surface area contributed by atoms with E-state index in [0.29, 0.717) is 17.1 Å². The van der Waals surface area contributed by atoms with Crippen LogP contribution < -0.4 is 5.73 Å². The molecule has 5 aromatic rings. The number of rotatable bonds is 1. The fourth-order valence-corrected chi connectivity index (χ4v) is 2.56. The Bertz CT molecular complexity index is 1320. The topological polar surface area (TPSA) is 139 Å². The van der Waals surface area contributed by atoms with Crippen molar-refractivity contribution >= 4 is 17.0 Å². The van der Waals surface area contributed by atoms with Gasteiger partial charge in [-0.15, -0.1) is 0 Å². The summed E-state index contributed by atoms with van der Waals surface area (Å²) in [6, 6.07) is 17.1. The van der Waals surface area contributed by atoms with Gasteiger partial charge in [0.25, 0.3) is 0 Å². The lowest BCUT2D eigenvalue weighted by molar-refractivity contribution is -0.137. The molecule has 3 aromatic heterocycles. The van der Waals surface area contributed by atoms with Crippen LogP contribution in [0.3, 0.4) is 0 Å². The maximum absolute atomic E-state index is 11.8. The molecule has 0 saturated heterocycles. The van der Waals surface area contributed by atoms with Gasteiger partial charge in [0, 0.05) is 18.0 Å². The van der Waals surface area contributed by atoms with Gasteiger partial charge in [-0.25, -0.2) is 9.97 Å². The zero-order valence-corrected chi connectivity index (χ0v) is 17.9. The molecule has 0 fully saturated rings. The van der Waals surface area contributed by atoms with E-state index in [0.717, 1.165) is 29.8 Å². The predicted molar refractivity (Wildman–Crippen MR) is 122 cm³/mol. The van der Waals surface area contributed by atoms with Gasteiger partial charge in [-0.05, 0) is 72.8 Å². The van der Waals surface area contributed by atoms with Gasteiger partial charge in [-0.2, -0.15) is 18.2 Å². The van der Waals surface area contributed by atoms with E-state index in [1.807, 2.05) is 6.07 Å². The van der Waals surface area contributed by atoms with Gasteiger partial charge in [-0.3, -0.25) is 0 Å². The second-order valence-corrected chi connectivity index (χ2v) is 6.84. The molecule has 2 aromatic carbocycles. The van der Waals surface area contributed by atoms with Crippen molar-refractivity contribution in [3.63, 3.8) is 0 Å². The Kier molecular flexibility index (Phi) is 7.72. The largest absolute Gasteiger partial charge is 0.508 e. The number of anilines is 1. The molecule has 0 aliphatic carbocycles. The van der Waals surface area contributed by atoms with Crippen LogP contribution in [0.1, 0.15) is 5.56 Å². The Balaban J connectivity index is 0.000000157. The number of alkyl halides is 3. The SMILES string of the molecule is Nc1ncccc1O.Oc1ccc(-c2nc3ncccc3o2)cc1.Oc1ccc(C(F)(F)F)cc1. The second-order valence-electron chi connectivity index (χ2n) is 6.84. The van der Waals surface area contributed by atoms with Crippen LogP contribution in [-0.4, -0.2) is 30.3 Å². The average molecular weight is 484 g/mol. The van der Waals surface area contributed by atoms with Crippen LogP contribution in [0.5, 0.6) is 17.2 Å². The number of halogens is 3. The Morgan fingerprint density at radius 1 is 0.743 bits per heavy atom. The number of nitrogen functional groups attached to an aromatic ring is 1. The minimum Gasteiger partial charge on any atom is -0.508 e. The van der Waals surface area contributed by atoms with Gasteiger partial charge >= 0.3 is 6.18 Å². The number of aromatic hydroxyl groups is 3. The second kappa shape index (κ2) is 10.9. The number of fused-ring (bicyclic) bond motifs is 1. The van der Waals surface area contributed by atoms with Crippen molar-refractivity contribution in [2.45, 2.75) is 6.18 Å². The number of nitrogens with zero attached hydrogens (tertiary/aromatic N) is 3. The molecule has 0 radical (unpaired) electrons. The van der Waals surface area contributed by atoms with Gasteiger partial charge in [0.1, 0.15) is 11.5 Å².